The van der Waals surface area contributed by atoms with Gasteiger partial charge in [0, 0.05) is 18.1 Å². The molecule has 0 spiro atoms. The van der Waals surface area contributed by atoms with Crippen molar-refractivity contribution in [3.05, 3.63) is 27.9 Å². The molecule has 0 aliphatic carbocycles. The van der Waals surface area contributed by atoms with Gasteiger partial charge in [0.1, 0.15) is 6.20 Å². The zero-order valence-electron chi connectivity index (χ0n) is 8.51. The van der Waals surface area contributed by atoms with Gasteiger partial charge in [0.25, 0.3) is 0 Å². The van der Waals surface area contributed by atoms with E-state index < -0.39 is 4.92 Å². The van der Waals surface area contributed by atoms with Crippen molar-refractivity contribution in [1.29, 1.82) is 0 Å². The maximum absolute atomic E-state index is 10.5. The van der Waals surface area contributed by atoms with Crippen molar-refractivity contribution in [2.45, 2.75) is 12.8 Å². The average Bonchev–Trinajstić information content (AvgIpc) is 2.26. The van der Waals surface area contributed by atoms with Gasteiger partial charge < -0.3 is 20.0 Å². The first kappa shape index (κ1) is 11.4. The molecule has 0 aliphatic heterocycles. The van der Waals surface area contributed by atoms with E-state index in [1.165, 1.54) is 19.4 Å². The fraction of sp³-hybridized carbons (Fsp3) is 0.444. The van der Waals surface area contributed by atoms with Crippen LogP contribution in [0.5, 0.6) is 5.75 Å². The molecule has 0 amide bonds. The Bertz CT molecular complexity index is 367. The summed E-state index contributed by atoms with van der Waals surface area (Å²) in [7, 11) is 1.34. The SMILES string of the molecule is COc1cc(C(C)CO)cnc1[N+](=O)[O-]. The molecule has 0 bridgehead atoms. The van der Waals surface area contributed by atoms with E-state index in [1.807, 2.05) is 0 Å². The van der Waals surface area contributed by atoms with E-state index >= 15 is 0 Å². The molecule has 15 heavy (non-hydrogen) atoms. The van der Waals surface area contributed by atoms with Crippen molar-refractivity contribution in [2.24, 2.45) is 0 Å². The van der Waals surface area contributed by atoms with E-state index in [9.17, 15) is 10.1 Å². The Morgan fingerprint density at radius 2 is 2.40 bits per heavy atom. The van der Waals surface area contributed by atoms with Gasteiger partial charge in [0.2, 0.25) is 5.75 Å². The molecule has 0 saturated carbocycles. The highest BCUT2D eigenvalue weighted by Crippen LogP contribution is 2.27. The van der Waals surface area contributed by atoms with Gasteiger partial charge in [0.05, 0.1) is 7.11 Å². The van der Waals surface area contributed by atoms with Crippen LogP contribution < -0.4 is 4.74 Å². The molecule has 0 saturated heterocycles. The lowest BCUT2D eigenvalue weighted by Crippen LogP contribution is -2.03. The Labute approximate surface area is 86.7 Å². The van der Waals surface area contributed by atoms with Gasteiger partial charge in [-0.05, 0) is 16.0 Å². The third-order valence-corrected chi connectivity index (χ3v) is 2.09. The van der Waals surface area contributed by atoms with Gasteiger partial charge in [-0.1, -0.05) is 6.92 Å². The summed E-state index contributed by atoms with van der Waals surface area (Å²) in [6.45, 7) is 1.75. The van der Waals surface area contributed by atoms with Crippen LogP contribution in [0.3, 0.4) is 0 Å². The molecule has 0 aliphatic rings. The van der Waals surface area contributed by atoms with Gasteiger partial charge >= 0.3 is 5.82 Å². The summed E-state index contributed by atoms with van der Waals surface area (Å²) < 4.78 is 4.86. The molecule has 82 valence electrons. The Morgan fingerprint density at radius 1 is 1.73 bits per heavy atom. The molecule has 1 atom stereocenters. The highest BCUT2D eigenvalue weighted by molar-refractivity contribution is 5.42. The lowest BCUT2D eigenvalue weighted by Gasteiger charge is -2.07. The van der Waals surface area contributed by atoms with E-state index in [2.05, 4.69) is 4.98 Å². The van der Waals surface area contributed by atoms with Crippen molar-refractivity contribution in [3.8, 4) is 5.75 Å². The lowest BCUT2D eigenvalue weighted by atomic mass is 10.0. The molecule has 1 N–H and O–H groups in total. The van der Waals surface area contributed by atoms with Crippen molar-refractivity contribution in [1.82, 2.24) is 4.98 Å². The zero-order chi connectivity index (χ0) is 11.4. The minimum absolute atomic E-state index is 0.0390. The van der Waals surface area contributed by atoms with E-state index in [-0.39, 0.29) is 24.1 Å². The maximum Gasteiger partial charge on any atom is 0.406 e. The van der Waals surface area contributed by atoms with Gasteiger partial charge in [-0.25, -0.2) is 0 Å². The number of aromatic nitrogens is 1. The number of aliphatic hydroxyl groups is 1. The molecular formula is C9H12N2O4. The predicted octanol–water partition coefficient (Wildman–Crippen LogP) is 1.09. The monoisotopic (exact) mass is 212 g/mol. The first-order valence-corrected chi connectivity index (χ1v) is 4.39. The number of pyridine rings is 1. The number of nitro groups is 1. The van der Waals surface area contributed by atoms with Crippen LogP contribution in [0.15, 0.2) is 12.3 Å². The van der Waals surface area contributed by atoms with Crippen LogP contribution in [0.2, 0.25) is 0 Å². The van der Waals surface area contributed by atoms with E-state index in [0.717, 1.165) is 0 Å². The molecule has 1 heterocycles. The first-order valence-electron chi connectivity index (χ1n) is 4.39. The predicted molar refractivity (Wildman–Crippen MR) is 52.9 cm³/mol. The third-order valence-electron chi connectivity index (χ3n) is 2.09. The summed E-state index contributed by atoms with van der Waals surface area (Å²) in [6.07, 6.45) is 1.38. The second kappa shape index (κ2) is 4.70. The normalized spacial score (nSPS) is 12.2. The fourth-order valence-electron chi connectivity index (χ4n) is 1.11. The highest BCUT2D eigenvalue weighted by atomic mass is 16.6. The number of rotatable bonds is 4. The van der Waals surface area contributed by atoms with Gasteiger partial charge in [-0.2, -0.15) is 0 Å². The lowest BCUT2D eigenvalue weighted by molar-refractivity contribution is -0.390. The van der Waals surface area contributed by atoms with Crippen LogP contribution in [0.25, 0.3) is 0 Å². The standard InChI is InChI=1S/C9H12N2O4/c1-6(5-12)7-3-8(15-2)9(10-4-7)11(13)14/h3-4,6,12H,5H2,1-2H3. The van der Waals surface area contributed by atoms with Gasteiger partial charge in [-0.15, -0.1) is 0 Å². The van der Waals surface area contributed by atoms with Crippen molar-refractivity contribution in [2.75, 3.05) is 13.7 Å². The van der Waals surface area contributed by atoms with E-state index in [4.69, 9.17) is 9.84 Å². The second-order valence-electron chi connectivity index (χ2n) is 3.14. The number of aliphatic hydroxyl groups excluding tert-OH is 1. The number of hydrogen-bond acceptors (Lipinski definition) is 5. The van der Waals surface area contributed by atoms with Crippen molar-refractivity contribution >= 4 is 5.82 Å². The summed E-state index contributed by atoms with van der Waals surface area (Å²) in [5, 5.41) is 19.5. The minimum atomic E-state index is -0.605. The molecule has 0 aromatic carbocycles. The Balaban J connectivity index is 3.13. The summed E-state index contributed by atoms with van der Waals surface area (Å²) >= 11 is 0. The maximum atomic E-state index is 10.5. The molecule has 0 radical (unpaired) electrons. The second-order valence-corrected chi connectivity index (χ2v) is 3.14. The third kappa shape index (κ3) is 2.41. The van der Waals surface area contributed by atoms with Crippen LogP contribution in [-0.2, 0) is 0 Å². The Kier molecular flexibility index (Phi) is 3.56. The smallest absolute Gasteiger partial charge is 0.406 e. The Hall–Kier alpha value is -1.69. The first-order chi connectivity index (χ1) is 7.10. The summed E-state index contributed by atoms with van der Waals surface area (Å²) in [5.74, 6) is -0.323. The number of methoxy groups -OCH3 is 1. The summed E-state index contributed by atoms with van der Waals surface area (Å²) in [4.78, 5) is 13.6. The number of nitrogens with zero attached hydrogens (tertiary/aromatic N) is 2. The van der Waals surface area contributed by atoms with Crippen molar-refractivity contribution in [3.63, 3.8) is 0 Å². The van der Waals surface area contributed by atoms with Gasteiger partial charge in [0.15, 0.2) is 0 Å². The minimum Gasteiger partial charge on any atom is -0.489 e. The molecular weight excluding hydrogens is 200 g/mol. The molecule has 1 aromatic rings. The zero-order valence-corrected chi connectivity index (χ0v) is 8.51. The molecule has 6 nitrogen and oxygen atoms in total. The topological polar surface area (TPSA) is 85.5 Å². The quantitative estimate of drug-likeness (QED) is 0.596. The summed E-state index contributed by atoms with van der Waals surface area (Å²) in [5.41, 5.74) is 0.708. The Morgan fingerprint density at radius 3 is 2.87 bits per heavy atom. The molecule has 1 aromatic heterocycles. The average molecular weight is 212 g/mol. The highest BCUT2D eigenvalue weighted by Gasteiger charge is 2.18. The van der Waals surface area contributed by atoms with Crippen LogP contribution in [0.1, 0.15) is 18.4 Å². The fourth-order valence-corrected chi connectivity index (χ4v) is 1.11. The van der Waals surface area contributed by atoms with E-state index in [0.29, 0.717) is 5.56 Å². The number of ether oxygens (including phenoxy) is 1. The molecule has 0 fully saturated rings. The molecule has 6 heteroatoms. The van der Waals surface area contributed by atoms with Crippen LogP contribution in [0, 0.1) is 10.1 Å². The number of hydrogen-bond donors (Lipinski definition) is 1. The van der Waals surface area contributed by atoms with Gasteiger partial charge in [-0.3, -0.25) is 0 Å². The summed E-state index contributed by atoms with van der Waals surface area (Å²) in [6, 6.07) is 1.52. The van der Waals surface area contributed by atoms with Crippen molar-refractivity contribution < 1.29 is 14.8 Å². The molecule has 1 rings (SSSR count). The molecule has 1 unspecified atom stereocenters. The van der Waals surface area contributed by atoms with E-state index in [1.54, 1.807) is 6.92 Å². The van der Waals surface area contributed by atoms with Crippen LogP contribution in [-0.4, -0.2) is 28.7 Å². The largest absolute Gasteiger partial charge is 0.489 e. The van der Waals surface area contributed by atoms with Crippen LogP contribution in [0.4, 0.5) is 5.82 Å². The van der Waals surface area contributed by atoms with Crippen LogP contribution >= 0.6 is 0 Å².